The summed E-state index contributed by atoms with van der Waals surface area (Å²) in [5.74, 6) is 0.271. The van der Waals surface area contributed by atoms with Crippen LogP contribution in [0.15, 0.2) is 64.8 Å². The van der Waals surface area contributed by atoms with Gasteiger partial charge >= 0.3 is 5.97 Å². The lowest BCUT2D eigenvalue weighted by Crippen LogP contribution is -2.46. The summed E-state index contributed by atoms with van der Waals surface area (Å²) in [6, 6.07) is 17.9. The van der Waals surface area contributed by atoms with Crippen LogP contribution >= 0.6 is 11.3 Å². The Balaban J connectivity index is 0.968. The van der Waals surface area contributed by atoms with E-state index in [4.69, 9.17) is 14.2 Å². The number of benzene rings is 2. The van der Waals surface area contributed by atoms with Gasteiger partial charge in [-0.2, -0.15) is 0 Å². The number of anilines is 1. The molecular formula is C32H37N3O5S. The SMILES string of the molecule is O=C(OCn1c(=O)ccc2ccc(OCCCCN3CCN(c4cccc5sccc45)CC3)cc21)C1CCOCC1. The Hall–Kier alpha value is -3.40. The predicted octanol–water partition coefficient (Wildman–Crippen LogP) is 5.12. The fourth-order valence-corrected chi connectivity index (χ4v) is 6.57. The largest absolute Gasteiger partial charge is 0.494 e. The summed E-state index contributed by atoms with van der Waals surface area (Å²) in [7, 11) is 0. The van der Waals surface area contributed by atoms with Gasteiger partial charge in [0.1, 0.15) is 5.75 Å². The lowest BCUT2D eigenvalue weighted by Gasteiger charge is -2.36. The Kier molecular flexibility index (Phi) is 8.84. The number of piperazine rings is 1. The van der Waals surface area contributed by atoms with Crippen molar-refractivity contribution >= 4 is 44.0 Å². The highest BCUT2D eigenvalue weighted by Crippen LogP contribution is 2.31. The minimum absolute atomic E-state index is 0.106. The first-order chi connectivity index (χ1) is 20.2. The Labute approximate surface area is 244 Å². The molecule has 8 nitrogen and oxygen atoms in total. The number of unbranched alkanes of at least 4 members (excludes halogenated alkanes) is 1. The summed E-state index contributed by atoms with van der Waals surface area (Å²) in [5.41, 5.74) is 1.85. The van der Waals surface area contributed by atoms with Crippen LogP contribution in [0.3, 0.4) is 0 Å². The zero-order chi connectivity index (χ0) is 28.0. The molecular weight excluding hydrogens is 538 g/mol. The zero-order valence-electron chi connectivity index (χ0n) is 23.3. The number of hydrogen-bond acceptors (Lipinski definition) is 8. The summed E-state index contributed by atoms with van der Waals surface area (Å²) in [6.45, 7) is 6.95. The van der Waals surface area contributed by atoms with Gasteiger partial charge in [0.05, 0.1) is 18.0 Å². The normalized spacial score (nSPS) is 16.8. The minimum atomic E-state index is -0.272. The van der Waals surface area contributed by atoms with Crippen molar-refractivity contribution < 1.29 is 19.0 Å². The first-order valence-corrected chi connectivity index (χ1v) is 15.5. The van der Waals surface area contributed by atoms with Gasteiger partial charge < -0.3 is 19.1 Å². The predicted molar refractivity (Wildman–Crippen MR) is 163 cm³/mol. The van der Waals surface area contributed by atoms with Crippen LogP contribution in [0.4, 0.5) is 5.69 Å². The van der Waals surface area contributed by atoms with E-state index in [2.05, 4.69) is 39.4 Å². The number of aromatic nitrogens is 1. The van der Waals surface area contributed by atoms with Crippen molar-refractivity contribution in [1.82, 2.24) is 9.47 Å². The van der Waals surface area contributed by atoms with E-state index in [-0.39, 0.29) is 24.2 Å². The summed E-state index contributed by atoms with van der Waals surface area (Å²) in [4.78, 5) is 30.2. The molecule has 2 fully saturated rings. The molecule has 216 valence electrons. The second-order valence-electron chi connectivity index (χ2n) is 10.8. The number of thiophene rings is 1. The van der Waals surface area contributed by atoms with Crippen molar-refractivity contribution in [2.24, 2.45) is 5.92 Å². The lowest BCUT2D eigenvalue weighted by molar-refractivity contribution is -0.155. The first kappa shape index (κ1) is 27.8. The summed E-state index contributed by atoms with van der Waals surface area (Å²) >= 11 is 1.80. The van der Waals surface area contributed by atoms with Crippen LogP contribution in [0, 0.1) is 5.92 Å². The number of pyridine rings is 1. The highest BCUT2D eigenvalue weighted by molar-refractivity contribution is 7.17. The summed E-state index contributed by atoms with van der Waals surface area (Å²) in [6.07, 6.45) is 3.34. The molecule has 2 aromatic heterocycles. The first-order valence-electron chi connectivity index (χ1n) is 14.6. The van der Waals surface area contributed by atoms with Crippen molar-refractivity contribution in [2.45, 2.75) is 32.4 Å². The highest BCUT2D eigenvalue weighted by Gasteiger charge is 2.23. The average Bonchev–Trinajstić information content (AvgIpc) is 3.50. The molecule has 0 atom stereocenters. The van der Waals surface area contributed by atoms with Crippen molar-refractivity contribution in [3.05, 3.63) is 70.3 Å². The van der Waals surface area contributed by atoms with E-state index in [1.807, 2.05) is 18.2 Å². The van der Waals surface area contributed by atoms with Crippen molar-refractivity contribution in [2.75, 3.05) is 57.4 Å². The number of nitrogens with zero attached hydrogens (tertiary/aromatic N) is 3. The van der Waals surface area contributed by atoms with Crippen LogP contribution in [-0.4, -0.2) is 68.0 Å². The average molecular weight is 576 g/mol. The molecule has 2 aliphatic heterocycles. The molecule has 0 unspecified atom stereocenters. The molecule has 2 aromatic carbocycles. The molecule has 0 saturated carbocycles. The maximum Gasteiger partial charge on any atom is 0.310 e. The van der Waals surface area contributed by atoms with Gasteiger partial charge in [-0.3, -0.25) is 19.1 Å². The van der Waals surface area contributed by atoms with E-state index >= 15 is 0 Å². The maximum atomic E-state index is 12.6. The smallest absolute Gasteiger partial charge is 0.310 e. The number of carbonyl (C=O) groups excluding carboxylic acids is 1. The molecule has 0 radical (unpaired) electrons. The van der Waals surface area contributed by atoms with Crippen LogP contribution in [-0.2, 0) is 21.0 Å². The molecule has 0 amide bonds. The van der Waals surface area contributed by atoms with Gasteiger partial charge in [0.15, 0.2) is 6.73 Å². The van der Waals surface area contributed by atoms with Crippen molar-refractivity contribution in [3.63, 3.8) is 0 Å². The second-order valence-corrected chi connectivity index (χ2v) is 11.7. The van der Waals surface area contributed by atoms with E-state index in [1.165, 1.54) is 26.4 Å². The molecule has 2 saturated heterocycles. The Morgan fingerprint density at radius 3 is 2.66 bits per heavy atom. The second kappa shape index (κ2) is 13.1. The molecule has 0 spiro atoms. The number of ether oxygens (including phenoxy) is 3. The monoisotopic (exact) mass is 575 g/mol. The Morgan fingerprint density at radius 2 is 1.80 bits per heavy atom. The van der Waals surface area contributed by atoms with Gasteiger partial charge in [0.25, 0.3) is 5.56 Å². The minimum Gasteiger partial charge on any atom is -0.494 e. The molecule has 41 heavy (non-hydrogen) atoms. The number of rotatable bonds is 10. The van der Waals surface area contributed by atoms with E-state index < -0.39 is 0 Å². The fourth-order valence-electron chi connectivity index (χ4n) is 5.76. The van der Waals surface area contributed by atoms with E-state index in [0.29, 0.717) is 43.9 Å². The zero-order valence-corrected chi connectivity index (χ0v) is 24.2. The van der Waals surface area contributed by atoms with Crippen molar-refractivity contribution in [1.29, 1.82) is 0 Å². The molecule has 4 aromatic rings. The molecule has 2 aliphatic rings. The molecule has 6 rings (SSSR count). The van der Waals surface area contributed by atoms with E-state index in [9.17, 15) is 9.59 Å². The topological polar surface area (TPSA) is 73.2 Å². The van der Waals surface area contributed by atoms with Crippen LogP contribution < -0.4 is 15.2 Å². The standard InChI is InChI=1S/C32H37N3O5S/c36-31-9-7-24-6-8-26(22-29(24)35(31)23-40-32(37)25-10-19-38-20-11-25)39-18-2-1-13-33-14-16-34(17-15-33)28-4-3-5-30-27(28)12-21-41-30/h3-9,12,21-22,25H,1-2,10-11,13-20,23H2. The lowest BCUT2D eigenvalue weighted by atomic mass is 10.0. The Morgan fingerprint density at radius 1 is 0.976 bits per heavy atom. The van der Waals surface area contributed by atoms with Gasteiger partial charge in [-0.1, -0.05) is 6.07 Å². The molecule has 4 heterocycles. The Bertz CT molecular complexity index is 1540. The number of esters is 1. The number of fused-ring (bicyclic) bond motifs is 2. The molecule has 0 aliphatic carbocycles. The van der Waals surface area contributed by atoms with Crippen molar-refractivity contribution in [3.8, 4) is 5.75 Å². The molecule has 0 bridgehead atoms. The highest BCUT2D eigenvalue weighted by atomic mass is 32.1. The third kappa shape index (κ3) is 6.58. The summed E-state index contributed by atoms with van der Waals surface area (Å²) < 4.78 is 19.8. The number of hydrogen-bond donors (Lipinski definition) is 0. The fraction of sp³-hybridized carbons (Fsp3) is 0.438. The van der Waals surface area contributed by atoms with Crippen LogP contribution in [0.5, 0.6) is 5.75 Å². The van der Waals surface area contributed by atoms with E-state index in [1.54, 1.807) is 17.4 Å². The van der Waals surface area contributed by atoms with Gasteiger partial charge in [0, 0.05) is 67.3 Å². The third-order valence-electron chi connectivity index (χ3n) is 8.18. The quantitative estimate of drug-likeness (QED) is 0.192. The van der Waals surface area contributed by atoms with Crippen LogP contribution in [0.1, 0.15) is 25.7 Å². The van der Waals surface area contributed by atoms with Crippen LogP contribution in [0.25, 0.3) is 21.0 Å². The van der Waals surface area contributed by atoms with Gasteiger partial charge in [0.2, 0.25) is 0 Å². The molecule has 0 N–H and O–H groups in total. The van der Waals surface area contributed by atoms with Gasteiger partial charge in [-0.05, 0) is 79.4 Å². The molecule has 9 heteroatoms. The summed E-state index contributed by atoms with van der Waals surface area (Å²) in [5, 5.41) is 4.44. The number of carbonyl (C=O) groups is 1. The van der Waals surface area contributed by atoms with E-state index in [0.717, 1.165) is 51.0 Å². The van der Waals surface area contributed by atoms with Crippen LogP contribution in [0.2, 0.25) is 0 Å². The maximum absolute atomic E-state index is 12.6. The third-order valence-corrected chi connectivity index (χ3v) is 9.06. The van der Waals surface area contributed by atoms with Gasteiger partial charge in [-0.25, -0.2) is 0 Å². The van der Waals surface area contributed by atoms with Gasteiger partial charge in [-0.15, -0.1) is 11.3 Å².